The van der Waals surface area contributed by atoms with Crippen molar-refractivity contribution in [1.82, 2.24) is 0 Å². The lowest BCUT2D eigenvalue weighted by atomic mass is 10.2. The van der Waals surface area contributed by atoms with Crippen LogP contribution in [0.5, 0.6) is 0 Å². The van der Waals surface area contributed by atoms with E-state index in [4.69, 9.17) is 5.26 Å². The second kappa shape index (κ2) is 2.21. The molecular weight excluding hydrogens is 117 g/mol. The van der Waals surface area contributed by atoms with Gasteiger partial charge in [0.15, 0.2) is 0 Å². The van der Waals surface area contributed by atoms with Crippen LogP contribution in [0, 0.1) is 17.4 Å². The maximum absolute atomic E-state index is 12.1. The maximum Gasteiger partial charge on any atom is 0.235 e. The molecule has 0 bridgehead atoms. The monoisotopic (exact) mass is 120 g/mol. The van der Waals surface area contributed by atoms with E-state index in [9.17, 15) is 4.39 Å². The third kappa shape index (κ3) is 1.22. The fourth-order valence-electron chi connectivity index (χ4n) is 0.475. The third-order valence-corrected chi connectivity index (χ3v) is 0.895. The molecule has 0 aromatic heterocycles. The van der Waals surface area contributed by atoms with Crippen molar-refractivity contribution in [3.8, 4) is 6.07 Å². The molecular formula is C7H3FN+. The molecule has 2 heteroatoms. The first-order valence-corrected chi connectivity index (χ1v) is 2.40. The number of allylic oxidation sites excluding steroid dienone is 6. The van der Waals surface area contributed by atoms with Gasteiger partial charge in [0, 0.05) is 6.08 Å². The van der Waals surface area contributed by atoms with Crippen molar-refractivity contribution in [2.24, 2.45) is 0 Å². The smallest absolute Gasteiger partial charge is 0.147 e. The minimum atomic E-state index is -0.367. The SMILES string of the molecule is N#CC1=[C+]C=C(F)C=C1. The Morgan fingerprint density at radius 1 is 1.56 bits per heavy atom. The van der Waals surface area contributed by atoms with Gasteiger partial charge in [-0.1, -0.05) is 0 Å². The Hall–Kier alpha value is -1.45. The largest absolute Gasteiger partial charge is 0.235 e. The quantitative estimate of drug-likeness (QED) is 0.446. The summed E-state index contributed by atoms with van der Waals surface area (Å²) in [6.45, 7) is 0. The molecule has 42 valence electrons. The molecule has 0 amide bonds. The van der Waals surface area contributed by atoms with Crippen LogP contribution in [0.15, 0.2) is 29.6 Å². The van der Waals surface area contributed by atoms with E-state index in [1.165, 1.54) is 12.2 Å². The van der Waals surface area contributed by atoms with E-state index < -0.39 is 0 Å². The molecule has 0 saturated heterocycles. The molecule has 0 aromatic rings. The van der Waals surface area contributed by atoms with E-state index in [-0.39, 0.29) is 5.83 Å². The number of nitriles is 1. The van der Waals surface area contributed by atoms with Gasteiger partial charge in [0.2, 0.25) is 17.5 Å². The zero-order valence-corrected chi connectivity index (χ0v) is 4.56. The first-order valence-electron chi connectivity index (χ1n) is 2.40. The van der Waals surface area contributed by atoms with Crippen LogP contribution in [-0.2, 0) is 0 Å². The van der Waals surface area contributed by atoms with E-state index in [1.807, 2.05) is 6.07 Å². The van der Waals surface area contributed by atoms with E-state index in [1.54, 1.807) is 0 Å². The van der Waals surface area contributed by atoms with Crippen LogP contribution in [0.25, 0.3) is 0 Å². The highest BCUT2D eigenvalue weighted by molar-refractivity contribution is 5.39. The summed E-state index contributed by atoms with van der Waals surface area (Å²) in [6.07, 6.45) is 6.20. The lowest BCUT2D eigenvalue weighted by Crippen LogP contribution is -1.77. The minimum absolute atomic E-state index is 0.358. The van der Waals surface area contributed by atoms with Crippen molar-refractivity contribution < 1.29 is 4.39 Å². The molecule has 1 aliphatic rings. The predicted octanol–water partition coefficient (Wildman–Crippen LogP) is 1.66. The van der Waals surface area contributed by atoms with Gasteiger partial charge in [-0.2, -0.15) is 0 Å². The molecule has 1 rings (SSSR count). The summed E-state index contributed by atoms with van der Waals surface area (Å²) in [5.74, 6) is -0.367. The van der Waals surface area contributed by atoms with Crippen molar-refractivity contribution in [3.05, 3.63) is 35.7 Å². The minimum Gasteiger partial charge on any atom is -0.147 e. The molecule has 0 N–H and O–H groups in total. The van der Waals surface area contributed by atoms with Gasteiger partial charge in [0.05, 0.1) is 12.2 Å². The molecule has 0 aromatic carbocycles. The van der Waals surface area contributed by atoms with Crippen molar-refractivity contribution in [1.29, 1.82) is 5.26 Å². The molecule has 0 radical (unpaired) electrons. The van der Waals surface area contributed by atoms with E-state index in [2.05, 4.69) is 6.08 Å². The normalized spacial score (nSPS) is 15.1. The van der Waals surface area contributed by atoms with Crippen molar-refractivity contribution >= 4 is 0 Å². The summed E-state index contributed by atoms with van der Waals surface area (Å²) in [4.78, 5) is 0. The Labute approximate surface area is 52.4 Å². The number of hydrogen-bond donors (Lipinski definition) is 0. The van der Waals surface area contributed by atoms with Gasteiger partial charge in [0.25, 0.3) is 0 Å². The second-order valence-corrected chi connectivity index (χ2v) is 1.53. The molecule has 0 spiro atoms. The zero-order chi connectivity index (χ0) is 6.69. The van der Waals surface area contributed by atoms with E-state index in [0.717, 1.165) is 6.08 Å². The Morgan fingerprint density at radius 3 is 2.78 bits per heavy atom. The summed E-state index contributed by atoms with van der Waals surface area (Å²) in [5, 5.41) is 8.22. The molecule has 0 unspecified atom stereocenters. The Kier molecular flexibility index (Phi) is 1.40. The van der Waals surface area contributed by atoms with Crippen LogP contribution in [-0.4, -0.2) is 0 Å². The van der Waals surface area contributed by atoms with E-state index in [0.29, 0.717) is 5.57 Å². The van der Waals surface area contributed by atoms with Crippen molar-refractivity contribution in [2.75, 3.05) is 0 Å². The molecule has 0 aliphatic heterocycles. The first kappa shape index (κ1) is 5.68. The summed E-state index contributed by atoms with van der Waals surface area (Å²) < 4.78 is 12.1. The second-order valence-electron chi connectivity index (χ2n) is 1.53. The number of halogens is 1. The van der Waals surface area contributed by atoms with Gasteiger partial charge in [-0.15, -0.1) is 9.65 Å². The fourth-order valence-corrected chi connectivity index (χ4v) is 0.475. The van der Waals surface area contributed by atoms with Gasteiger partial charge >= 0.3 is 0 Å². The number of rotatable bonds is 0. The predicted molar refractivity (Wildman–Crippen MR) is 30.7 cm³/mol. The first-order chi connectivity index (χ1) is 4.33. The Morgan fingerprint density at radius 2 is 2.33 bits per heavy atom. The molecule has 9 heavy (non-hydrogen) atoms. The lowest BCUT2D eigenvalue weighted by molar-refractivity contribution is 0.665. The molecule has 1 nitrogen and oxygen atoms in total. The number of hydrogen-bond acceptors (Lipinski definition) is 1. The van der Waals surface area contributed by atoms with Crippen molar-refractivity contribution in [3.63, 3.8) is 0 Å². The standard InChI is InChI=1S/C7H3FN/c8-7-3-1-6(5-9)2-4-7/h1,3-4H/q+1. The fraction of sp³-hybridized carbons (Fsp3) is 0. The molecule has 0 heterocycles. The highest BCUT2D eigenvalue weighted by atomic mass is 19.1. The summed E-state index contributed by atoms with van der Waals surface area (Å²) in [7, 11) is 0. The zero-order valence-electron chi connectivity index (χ0n) is 4.56. The Balaban J connectivity index is 2.90. The van der Waals surface area contributed by atoms with Gasteiger partial charge in [-0.25, -0.2) is 0 Å². The lowest BCUT2D eigenvalue weighted by Gasteiger charge is -1.80. The third-order valence-electron chi connectivity index (χ3n) is 0.895. The Bertz CT molecular complexity index is 240. The molecule has 1 aliphatic carbocycles. The van der Waals surface area contributed by atoms with Crippen LogP contribution in [0.2, 0.25) is 0 Å². The average molecular weight is 120 g/mol. The summed E-state index contributed by atoms with van der Waals surface area (Å²) in [6, 6.07) is 1.83. The maximum atomic E-state index is 12.1. The average Bonchev–Trinajstić information content (AvgIpc) is 1.90. The van der Waals surface area contributed by atoms with Crippen LogP contribution in [0.1, 0.15) is 0 Å². The molecule has 0 atom stereocenters. The van der Waals surface area contributed by atoms with Gasteiger partial charge in [0.1, 0.15) is 6.08 Å². The number of nitrogens with zero attached hydrogens (tertiary/aromatic N) is 1. The van der Waals surface area contributed by atoms with Crippen LogP contribution >= 0.6 is 0 Å². The molecule has 0 fully saturated rings. The van der Waals surface area contributed by atoms with Crippen LogP contribution < -0.4 is 0 Å². The summed E-state index contributed by atoms with van der Waals surface area (Å²) >= 11 is 0. The van der Waals surface area contributed by atoms with Crippen molar-refractivity contribution in [2.45, 2.75) is 0 Å². The molecule has 0 saturated carbocycles. The van der Waals surface area contributed by atoms with Crippen LogP contribution in [0.4, 0.5) is 4.39 Å². The van der Waals surface area contributed by atoms with Gasteiger partial charge in [-0.05, 0) is 0 Å². The van der Waals surface area contributed by atoms with Gasteiger partial charge < -0.3 is 0 Å². The van der Waals surface area contributed by atoms with Gasteiger partial charge in [-0.3, -0.25) is 0 Å². The summed E-state index contributed by atoms with van der Waals surface area (Å²) in [5.41, 5.74) is 0.358. The highest BCUT2D eigenvalue weighted by Gasteiger charge is 2.06. The topological polar surface area (TPSA) is 23.8 Å². The van der Waals surface area contributed by atoms with E-state index >= 15 is 0 Å². The van der Waals surface area contributed by atoms with Crippen LogP contribution in [0.3, 0.4) is 0 Å². The highest BCUT2D eigenvalue weighted by Crippen LogP contribution is 2.08.